The van der Waals surface area contributed by atoms with Gasteiger partial charge < -0.3 is 10.2 Å². The second kappa shape index (κ2) is 6.56. The lowest BCUT2D eigenvalue weighted by Gasteiger charge is -2.31. The standard InChI is InChI=1S/C19H25BrN2O/c20-15-3-1-2-13(8-15)12-22(18-6-7-18)19(23)11-14-9-16-4-5-17(10-14)21-16/h1-3,8,14,16-18,21H,4-7,9-12H2. The van der Waals surface area contributed by atoms with E-state index in [0.717, 1.165) is 17.4 Å². The summed E-state index contributed by atoms with van der Waals surface area (Å²) in [5, 5.41) is 3.67. The van der Waals surface area contributed by atoms with Crippen molar-refractivity contribution in [3.8, 4) is 0 Å². The lowest BCUT2D eigenvalue weighted by atomic mass is 9.89. The van der Waals surface area contributed by atoms with Gasteiger partial charge >= 0.3 is 0 Å². The fraction of sp³-hybridized carbons (Fsp3) is 0.632. The number of hydrogen-bond acceptors (Lipinski definition) is 2. The summed E-state index contributed by atoms with van der Waals surface area (Å²) in [6, 6.07) is 10.2. The fourth-order valence-electron chi connectivity index (χ4n) is 4.35. The summed E-state index contributed by atoms with van der Waals surface area (Å²) >= 11 is 3.53. The van der Waals surface area contributed by atoms with E-state index in [2.05, 4.69) is 44.3 Å². The van der Waals surface area contributed by atoms with Crippen LogP contribution in [0.15, 0.2) is 28.7 Å². The van der Waals surface area contributed by atoms with Crippen molar-refractivity contribution in [3.05, 3.63) is 34.3 Å². The molecule has 0 spiro atoms. The Morgan fingerprint density at radius 3 is 2.57 bits per heavy atom. The second-order valence-corrected chi connectivity index (χ2v) is 8.48. The molecule has 2 atom stereocenters. The minimum atomic E-state index is 0.374. The van der Waals surface area contributed by atoms with E-state index in [0.29, 0.717) is 30.0 Å². The van der Waals surface area contributed by atoms with Crippen LogP contribution in [0.4, 0.5) is 0 Å². The Labute approximate surface area is 146 Å². The first-order valence-corrected chi connectivity index (χ1v) is 9.76. The van der Waals surface area contributed by atoms with Gasteiger partial charge in [-0.2, -0.15) is 0 Å². The Balaban J connectivity index is 1.40. The zero-order chi connectivity index (χ0) is 15.8. The molecule has 2 bridgehead atoms. The molecule has 1 N–H and O–H groups in total. The summed E-state index contributed by atoms with van der Waals surface area (Å²) in [6.07, 6.45) is 8.10. The van der Waals surface area contributed by atoms with Crippen LogP contribution in [-0.4, -0.2) is 28.9 Å². The van der Waals surface area contributed by atoms with Gasteiger partial charge in [-0.25, -0.2) is 0 Å². The number of fused-ring (bicyclic) bond motifs is 2. The fourth-order valence-corrected chi connectivity index (χ4v) is 4.79. The smallest absolute Gasteiger partial charge is 0.223 e. The van der Waals surface area contributed by atoms with Crippen LogP contribution >= 0.6 is 15.9 Å². The topological polar surface area (TPSA) is 32.3 Å². The van der Waals surface area contributed by atoms with Crippen molar-refractivity contribution in [2.45, 2.75) is 69.6 Å². The van der Waals surface area contributed by atoms with Crippen molar-refractivity contribution in [1.29, 1.82) is 0 Å². The molecule has 2 aliphatic heterocycles. The predicted octanol–water partition coefficient (Wildman–Crippen LogP) is 3.86. The van der Waals surface area contributed by atoms with E-state index in [1.165, 1.54) is 44.1 Å². The Kier molecular flexibility index (Phi) is 4.46. The maximum atomic E-state index is 12.9. The van der Waals surface area contributed by atoms with E-state index < -0.39 is 0 Å². The minimum Gasteiger partial charge on any atom is -0.335 e. The molecule has 3 aliphatic rings. The van der Waals surface area contributed by atoms with Crippen LogP contribution in [0.3, 0.4) is 0 Å². The summed E-state index contributed by atoms with van der Waals surface area (Å²) < 4.78 is 1.09. The number of piperidine rings is 1. The molecule has 2 unspecified atom stereocenters. The number of nitrogens with zero attached hydrogens (tertiary/aromatic N) is 1. The Morgan fingerprint density at radius 2 is 1.91 bits per heavy atom. The van der Waals surface area contributed by atoms with Crippen LogP contribution in [0.5, 0.6) is 0 Å². The molecule has 1 aliphatic carbocycles. The number of hydrogen-bond donors (Lipinski definition) is 1. The minimum absolute atomic E-state index is 0.374. The molecule has 2 heterocycles. The highest BCUT2D eigenvalue weighted by Crippen LogP contribution is 2.35. The predicted molar refractivity (Wildman–Crippen MR) is 95.0 cm³/mol. The van der Waals surface area contributed by atoms with E-state index in [1.807, 2.05) is 6.07 Å². The molecule has 4 heteroatoms. The third kappa shape index (κ3) is 3.80. The molecule has 2 saturated heterocycles. The van der Waals surface area contributed by atoms with Gasteiger partial charge in [-0.15, -0.1) is 0 Å². The zero-order valence-corrected chi connectivity index (χ0v) is 15.1. The first-order valence-electron chi connectivity index (χ1n) is 8.97. The number of halogens is 1. The van der Waals surface area contributed by atoms with Crippen LogP contribution in [-0.2, 0) is 11.3 Å². The third-order valence-electron chi connectivity index (χ3n) is 5.58. The number of rotatable bonds is 5. The number of carbonyl (C=O) groups excluding carboxylic acids is 1. The van der Waals surface area contributed by atoms with Crippen LogP contribution in [0.25, 0.3) is 0 Å². The molecule has 23 heavy (non-hydrogen) atoms. The van der Waals surface area contributed by atoms with Gasteiger partial charge in [0.25, 0.3) is 0 Å². The largest absolute Gasteiger partial charge is 0.335 e. The third-order valence-corrected chi connectivity index (χ3v) is 6.08. The second-order valence-electron chi connectivity index (χ2n) is 7.56. The number of nitrogens with one attached hydrogen (secondary N) is 1. The van der Waals surface area contributed by atoms with Crippen LogP contribution in [0.2, 0.25) is 0 Å². The molecule has 3 nitrogen and oxygen atoms in total. The summed E-state index contributed by atoms with van der Waals surface area (Å²) in [4.78, 5) is 15.1. The van der Waals surface area contributed by atoms with Gasteiger partial charge in [-0.3, -0.25) is 4.79 Å². The van der Waals surface area contributed by atoms with Crippen LogP contribution in [0.1, 0.15) is 50.5 Å². The maximum absolute atomic E-state index is 12.9. The van der Waals surface area contributed by atoms with E-state index in [4.69, 9.17) is 0 Å². The zero-order valence-electron chi connectivity index (χ0n) is 13.5. The molecule has 0 aromatic heterocycles. The van der Waals surface area contributed by atoms with Gasteiger partial charge in [0.1, 0.15) is 0 Å². The Morgan fingerprint density at radius 1 is 1.17 bits per heavy atom. The Hall–Kier alpha value is -0.870. The SMILES string of the molecule is O=C(CC1CC2CCC(C1)N2)N(Cc1cccc(Br)c1)C1CC1. The lowest BCUT2D eigenvalue weighted by Crippen LogP contribution is -2.40. The summed E-state index contributed by atoms with van der Waals surface area (Å²) in [5.41, 5.74) is 1.23. The molecule has 124 valence electrons. The van der Waals surface area contributed by atoms with Crippen molar-refractivity contribution in [2.24, 2.45) is 5.92 Å². The summed E-state index contributed by atoms with van der Waals surface area (Å²) in [7, 11) is 0. The average molecular weight is 377 g/mol. The highest BCUT2D eigenvalue weighted by atomic mass is 79.9. The Bertz CT molecular complexity index is 574. The van der Waals surface area contributed by atoms with Gasteiger partial charge in [-0.05, 0) is 62.1 Å². The molecule has 0 radical (unpaired) electrons. The van der Waals surface area contributed by atoms with Gasteiger partial charge in [0.05, 0.1) is 0 Å². The van der Waals surface area contributed by atoms with Crippen LogP contribution < -0.4 is 5.32 Å². The monoisotopic (exact) mass is 376 g/mol. The van der Waals surface area contributed by atoms with Gasteiger partial charge in [0.2, 0.25) is 5.91 Å². The molecule has 1 aromatic rings. The molecule has 1 aromatic carbocycles. The molecular weight excluding hydrogens is 352 g/mol. The molecule has 4 rings (SSSR count). The number of amides is 1. The first kappa shape index (κ1) is 15.6. The highest BCUT2D eigenvalue weighted by molar-refractivity contribution is 9.10. The van der Waals surface area contributed by atoms with Crippen molar-refractivity contribution in [1.82, 2.24) is 10.2 Å². The van der Waals surface area contributed by atoms with E-state index in [1.54, 1.807) is 0 Å². The molecule has 1 saturated carbocycles. The first-order chi connectivity index (χ1) is 11.2. The van der Waals surface area contributed by atoms with E-state index >= 15 is 0 Å². The molecule has 1 amide bonds. The van der Waals surface area contributed by atoms with Gasteiger partial charge in [-0.1, -0.05) is 28.1 Å². The highest BCUT2D eigenvalue weighted by Gasteiger charge is 2.37. The van der Waals surface area contributed by atoms with Crippen molar-refractivity contribution in [3.63, 3.8) is 0 Å². The van der Waals surface area contributed by atoms with E-state index in [9.17, 15) is 4.79 Å². The van der Waals surface area contributed by atoms with Gasteiger partial charge in [0.15, 0.2) is 0 Å². The van der Waals surface area contributed by atoms with E-state index in [-0.39, 0.29) is 0 Å². The molecular formula is C19H25BrN2O. The molecule has 3 fully saturated rings. The quantitative estimate of drug-likeness (QED) is 0.845. The van der Waals surface area contributed by atoms with Crippen molar-refractivity contribution >= 4 is 21.8 Å². The average Bonchev–Trinajstić information content (AvgIpc) is 3.30. The normalized spacial score (nSPS) is 29.5. The lowest BCUT2D eigenvalue weighted by molar-refractivity contribution is -0.133. The maximum Gasteiger partial charge on any atom is 0.223 e. The summed E-state index contributed by atoms with van der Waals surface area (Å²) in [5.74, 6) is 0.962. The van der Waals surface area contributed by atoms with Gasteiger partial charge in [0, 0.05) is 35.6 Å². The summed E-state index contributed by atoms with van der Waals surface area (Å²) in [6.45, 7) is 0.765. The number of benzene rings is 1. The number of carbonyl (C=O) groups is 1. The van der Waals surface area contributed by atoms with Crippen LogP contribution in [0, 0.1) is 5.92 Å². The van der Waals surface area contributed by atoms with Crippen molar-refractivity contribution < 1.29 is 4.79 Å². The van der Waals surface area contributed by atoms with Crippen molar-refractivity contribution in [2.75, 3.05) is 0 Å².